The molecular weight excluding hydrogens is 172 g/mol. The highest BCUT2D eigenvalue weighted by molar-refractivity contribution is 5.88. The van der Waals surface area contributed by atoms with Crippen molar-refractivity contribution in [1.82, 2.24) is 0 Å². The lowest BCUT2D eigenvalue weighted by atomic mass is 9.91. The van der Waals surface area contributed by atoms with Crippen molar-refractivity contribution in [3.63, 3.8) is 0 Å². The monoisotopic (exact) mass is 184 g/mol. The molecule has 0 saturated carbocycles. The number of ether oxygens (including phenoxy) is 1. The van der Waals surface area contributed by atoms with Crippen LogP contribution in [0.4, 0.5) is 0 Å². The molecule has 4 nitrogen and oxygen atoms in total. The predicted octanol–water partition coefficient (Wildman–Crippen LogP) is 1.45. The van der Waals surface area contributed by atoms with Gasteiger partial charge in [-0.2, -0.15) is 0 Å². The molecule has 0 heterocycles. The number of carbonyl (C=O) groups is 1. The quantitative estimate of drug-likeness (QED) is 0.681. The Morgan fingerprint density at radius 1 is 1.69 bits per heavy atom. The Balaban J connectivity index is 3.04. The smallest absolute Gasteiger partial charge is 0.335 e. The molecule has 1 aliphatic carbocycles. The molecule has 0 aliphatic heterocycles. The Hall–Kier alpha value is -1.45. The summed E-state index contributed by atoms with van der Waals surface area (Å²) >= 11 is 0. The van der Waals surface area contributed by atoms with Gasteiger partial charge in [-0.25, -0.2) is 4.79 Å². The molecule has 0 aromatic heterocycles. The summed E-state index contributed by atoms with van der Waals surface area (Å²) in [5.41, 5.74) is 0.0563. The number of hydrogen-bond donors (Lipinski definition) is 2. The van der Waals surface area contributed by atoms with Gasteiger partial charge in [-0.1, -0.05) is 6.92 Å². The van der Waals surface area contributed by atoms with E-state index >= 15 is 0 Å². The third kappa shape index (κ3) is 1.83. The number of aliphatic hydroxyl groups is 1. The molecule has 0 spiro atoms. The van der Waals surface area contributed by atoms with Crippen LogP contribution in [0.5, 0.6) is 0 Å². The summed E-state index contributed by atoms with van der Waals surface area (Å²) in [5.74, 6) is -0.882. The van der Waals surface area contributed by atoms with Crippen molar-refractivity contribution in [1.29, 1.82) is 0 Å². The minimum Gasteiger partial charge on any atom is -0.507 e. The summed E-state index contributed by atoms with van der Waals surface area (Å²) in [6.07, 6.45) is 1.87. The molecule has 0 unspecified atom stereocenters. The number of methoxy groups -OCH3 is 1. The minimum atomic E-state index is -1.07. The molecule has 0 radical (unpaired) electrons. The fraction of sp³-hybridized carbons (Fsp3) is 0.444. The van der Waals surface area contributed by atoms with E-state index in [2.05, 4.69) is 0 Å². The SMILES string of the molecule is COC1=CC(O)=C(C(=O)O)[C@@H](C)C1. The molecule has 4 heteroatoms. The maximum Gasteiger partial charge on any atom is 0.335 e. The summed E-state index contributed by atoms with van der Waals surface area (Å²) in [4.78, 5) is 10.7. The second-order valence-corrected chi connectivity index (χ2v) is 3.02. The molecule has 0 aromatic carbocycles. The topological polar surface area (TPSA) is 66.8 Å². The van der Waals surface area contributed by atoms with Crippen molar-refractivity contribution in [3.8, 4) is 0 Å². The van der Waals surface area contributed by atoms with E-state index in [9.17, 15) is 9.90 Å². The van der Waals surface area contributed by atoms with Crippen molar-refractivity contribution < 1.29 is 19.7 Å². The van der Waals surface area contributed by atoms with Crippen LogP contribution in [0.3, 0.4) is 0 Å². The lowest BCUT2D eigenvalue weighted by Gasteiger charge is -2.19. The van der Waals surface area contributed by atoms with Gasteiger partial charge in [0.1, 0.15) is 5.76 Å². The highest BCUT2D eigenvalue weighted by atomic mass is 16.5. The molecule has 1 rings (SSSR count). The maximum atomic E-state index is 10.7. The van der Waals surface area contributed by atoms with Gasteiger partial charge in [0.2, 0.25) is 0 Å². The predicted molar refractivity (Wildman–Crippen MR) is 46.2 cm³/mol. The summed E-state index contributed by atoms with van der Waals surface area (Å²) in [6.45, 7) is 1.74. The van der Waals surface area contributed by atoms with Gasteiger partial charge in [0.15, 0.2) is 0 Å². The summed E-state index contributed by atoms with van der Waals surface area (Å²) in [5, 5.41) is 18.1. The van der Waals surface area contributed by atoms with Gasteiger partial charge >= 0.3 is 5.97 Å². The first-order valence-corrected chi connectivity index (χ1v) is 3.97. The van der Waals surface area contributed by atoms with Crippen LogP contribution in [0.1, 0.15) is 13.3 Å². The molecule has 1 atom stereocenters. The van der Waals surface area contributed by atoms with Crippen molar-refractivity contribution in [2.45, 2.75) is 13.3 Å². The third-order valence-electron chi connectivity index (χ3n) is 2.07. The molecule has 1 aliphatic rings. The van der Waals surface area contributed by atoms with Crippen molar-refractivity contribution in [2.24, 2.45) is 5.92 Å². The zero-order chi connectivity index (χ0) is 10.0. The lowest BCUT2D eigenvalue weighted by Crippen LogP contribution is -2.17. The Labute approximate surface area is 76.1 Å². The third-order valence-corrected chi connectivity index (χ3v) is 2.07. The van der Waals surface area contributed by atoms with Crippen LogP contribution in [0.2, 0.25) is 0 Å². The normalized spacial score (nSPS) is 22.6. The van der Waals surface area contributed by atoms with Crippen LogP contribution < -0.4 is 0 Å². The van der Waals surface area contributed by atoms with E-state index in [0.29, 0.717) is 12.2 Å². The fourth-order valence-electron chi connectivity index (χ4n) is 1.41. The number of allylic oxidation sites excluding steroid dienone is 2. The number of rotatable bonds is 2. The van der Waals surface area contributed by atoms with Crippen LogP contribution in [-0.4, -0.2) is 23.3 Å². The average molecular weight is 184 g/mol. The van der Waals surface area contributed by atoms with E-state index in [1.54, 1.807) is 6.92 Å². The highest BCUT2D eigenvalue weighted by Crippen LogP contribution is 2.28. The van der Waals surface area contributed by atoms with Gasteiger partial charge in [0.05, 0.1) is 18.4 Å². The molecule has 0 amide bonds. The van der Waals surface area contributed by atoms with E-state index < -0.39 is 5.97 Å². The van der Waals surface area contributed by atoms with Gasteiger partial charge in [-0.3, -0.25) is 0 Å². The van der Waals surface area contributed by atoms with E-state index in [4.69, 9.17) is 9.84 Å². The molecule has 0 bridgehead atoms. The Bertz CT molecular complexity index is 288. The van der Waals surface area contributed by atoms with Crippen LogP contribution in [-0.2, 0) is 9.53 Å². The summed E-state index contributed by atoms with van der Waals surface area (Å²) in [6, 6.07) is 0. The van der Waals surface area contributed by atoms with E-state index in [1.807, 2.05) is 0 Å². The summed E-state index contributed by atoms with van der Waals surface area (Å²) in [7, 11) is 1.50. The first-order chi connectivity index (χ1) is 6.06. The van der Waals surface area contributed by atoms with Crippen LogP contribution in [0.25, 0.3) is 0 Å². The van der Waals surface area contributed by atoms with Crippen molar-refractivity contribution in [2.75, 3.05) is 7.11 Å². The molecule has 2 N–H and O–H groups in total. The van der Waals surface area contributed by atoms with E-state index in [1.165, 1.54) is 13.2 Å². The number of carboxylic acid groups (broad SMARTS) is 1. The second-order valence-electron chi connectivity index (χ2n) is 3.02. The number of aliphatic carboxylic acids is 1. The fourth-order valence-corrected chi connectivity index (χ4v) is 1.41. The molecule has 0 fully saturated rings. The highest BCUT2D eigenvalue weighted by Gasteiger charge is 2.25. The van der Waals surface area contributed by atoms with Gasteiger partial charge in [-0.15, -0.1) is 0 Å². The second kappa shape index (κ2) is 3.51. The van der Waals surface area contributed by atoms with Gasteiger partial charge in [0.25, 0.3) is 0 Å². The first-order valence-electron chi connectivity index (χ1n) is 3.97. The molecule has 72 valence electrons. The van der Waals surface area contributed by atoms with E-state index in [0.717, 1.165) is 0 Å². The first kappa shape index (κ1) is 9.64. The molecule has 0 saturated heterocycles. The number of carboxylic acids is 1. The van der Waals surface area contributed by atoms with Crippen molar-refractivity contribution >= 4 is 5.97 Å². The molecule has 13 heavy (non-hydrogen) atoms. The molecular formula is C9H12O4. The zero-order valence-electron chi connectivity index (χ0n) is 7.57. The van der Waals surface area contributed by atoms with E-state index in [-0.39, 0.29) is 17.3 Å². The lowest BCUT2D eigenvalue weighted by molar-refractivity contribution is -0.133. The van der Waals surface area contributed by atoms with Gasteiger partial charge < -0.3 is 14.9 Å². The zero-order valence-corrected chi connectivity index (χ0v) is 7.57. The summed E-state index contributed by atoms with van der Waals surface area (Å²) < 4.78 is 4.93. The van der Waals surface area contributed by atoms with Crippen LogP contribution in [0.15, 0.2) is 23.2 Å². The standard InChI is InChI=1S/C9H12O4/c1-5-3-6(13-2)4-7(10)8(5)9(11)12/h4-5,10H,3H2,1-2H3,(H,11,12)/t5-/m0/s1. The Morgan fingerprint density at radius 2 is 2.31 bits per heavy atom. The number of hydrogen-bond acceptors (Lipinski definition) is 3. The van der Waals surface area contributed by atoms with Crippen LogP contribution >= 0.6 is 0 Å². The minimum absolute atomic E-state index is 0.0563. The maximum absolute atomic E-state index is 10.7. The van der Waals surface area contributed by atoms with Gasteiger partial charge in [-0.05, 0) is 5.92 Å². The molecule has 0 aromatic rings. The largest absolute Gasteiger partial charge is 0.507 e. The number of aliphatic hydroxyl groups excluding tert-OH is 1. The Morgan fingerprint density at radius 3 is 2.69 bits per heavy atom. The Kier molecular flexibility index (Phi) is 2.60. The van der Waals surface area contributed by atoms with Crippen molar-refractivity contribution in [3.05, 3.63) is 23.2 Å². The average Bonchev–Trinajstić information content (AvgIpc) is 2.02. The van der Waals surface area contributed by atoms with Crippen LogP contribution in [0, 0.1) is 5.92 Å². The van der Waals surface area contributed by atoms with Gasteiger partial charge in [0, 0.05) is 12.5 Å².